The van der Waals surface area contributed by atoms with E-state index in [4.69, 9.17) is 26.4 Å². The van der Waals surface area contributed by atoms with Gasteiger partial charge in [0.1, 0.15) is 18.1 Å². The molecule has 0 atom stereocenters. The summed E-state index contributed by atoms with van der Waals surface area (Å²) in [6.07, 6.45) is 0.791. The first-order valence-corrected chi connectivity index (χ1v) is 11.2. The molecule has 0 bridgehead atoms. The number of ether oxygens (including phenoxy) is 3. The summed E-state index contributed by atoms with van der Waals surface area (Å²) in [6.45, 7) is 4.11. The minimum absolute atomic E-state index is 0.196. The minimum Gasteiger partial charge on any atom is -0.493 e. The molecular formula is C26H28N2O4S. The zero-order valence-electron chi connectivity index (χ0n) is 18.6. The quantitative estimate of drug-likeness (QED) is 0.312. The van der Waals surface area contributed by atoms with Gasteiger partial charge in [0.25, 0.3) is 5.91 Å². The first-order valence-electron chi connectivity index (χ1n) is 10.8. The van der Waals surface area contributed by atoms with Gasteiger partial charge in [-0.15, -0.1) is 0 Å². The molecule has 2 N–H and O–H groups in total. The van der Waals surface area contributed by atoms with E-state index in [0.29, 0.717) is 49.2 Å². The Balaban J connectivity index is 1.48. The Morgan fingerprint density at radius 3 is 2.36 bits per heavy atom. The molecule has 0 aliphatic rings. The molecule has 0 aromatic heterocycles. The number of rotatable bonds is 11. The normalized spacial score (nSPS) is 10.3. The highest BCUT2D eigenvalue weighted by Gasteiger charge is 2.10. The van der Waals surface area contributed by atoms with Gasteiger partial charge in [-0.05, 0) is 55.0 Å². The Morgan fingerprint density at radius 2 is 1.58 bits per heavy atom. The van der Waals surface area contributed by atoms with Crippen LogP contribution in [0.15, 0.2) is 78.9 Å². The molecule has 3 rings (SSSR count). The molecular weight excluding hydrogens is 436 g/mol. The molecule has 0 unspecified atom stereocenters. The third-order valence-corrected chi connectivity index (χ3v) is 4.82. The van der Waals surface area contributed by atoms with Crippen LogP contribution in [-0.2, 0) is 11.2 Å². The van der Waals surface area contributed by atoms with Gasteiger partial charge >= 0.3 is 0 Å². The molecule has 0 fully saturated rings. The summed E-state index contributed by atoms with van der Waals surface area (Å²) in [6, 6.07) is 24.5. The van der Waals surface area contributed by atoms with Gasteiger partial charge in [0, 0.05) is 30.3 Å². The third-order valence-electron chi connectivity index (χ3n) is 4.62. The molecule has 172 valence electrons. The molecule has 0 radical (unpaired) electrons. The van der Waals surface area contributed by atoms with E-state index in [1.54, 1.807) is 18.2 Å². The SMILES string of the molecule is CCOCCOc1cccc(NC(=S)NC(=O)c2cccc(OCCc3ccccc3)c2)c1. The second kappa shape index (κ2) is 13.2. The average Bonchev–Trinajstić information content (AvgIpc) is 2.83. The summed E-state index contributed by atoms with van der Waals surface area (Å²) in [5.74, 6) is 1.01. The van der Waals surface area contributed by atoms with Crippen LogP contribution in [0.25, 0.3) is 0 Å². The summed E-state index contributed by atoms with van der Waals surface area (Å²) >= 11 is 5.30. The summed E-state index contributed by atoms with van der Waals surface area (Å²) in [4.78, 5) is 12.6. The van der Waals surface area contributed by atoms with Gasteiger partial charge in [-0.2, -0.15) is 0 Å². The van der Waals surface area contributed by atoms with Crippen LogP contribution in [0.1, 0.15) is 22.8 Å². The number of benzene rings is 3. The summed E-state index contributed by atoms with van der Waals surface area (Å²) in [7, 11) is 0. The Bertz CT molecular complexity index is 1040. The second-order valence-corrected chi connectivity index (χ2v) is 7.50. The fourth-order valence-corrected chi connectivity index (χ4v) is 3.23. The highest BCUT2D eigenvalue weighted by atomic mass is 32.1. The molecule has 33 heavy (non-hydrogen) atoms. The molecule has 0 heterocycles. The number of thiocarbonyl (C=S) groups is 1. The number of nitrogens with one attached hydrogen (secondary N) is 2. The molecule has 3 aromatic rings. The van der Waals surface area contributed by atoms with Crippen molar-refractivity contribution in [2.45, 2.75) is 13.3 Å². The number of anilines is 1. The number of hydrogen-bond donors (Lipinski definition) is 2. The lowest BCUT2D eigenvalue weighted by molar-refractivity contribution is 0.0977. The van der Waals surface area contributed by atoms with Crippen molar-refractivity contribution in [3.63, 3.8) is 0 Å². The van der Waals surface area contributed by atoms with Gasteiger partial charge in [0.2, 0.25) is 0 Å². The van der Waals surface area contributed by atoms with Crippen molar-refractivity contribution in [1.29, 1.82) is 0 Å². The first-order chi connectivity index (χ1) is 16.1. The first kappa shape index (κ1) is 24.2. The van der Waals surface area contributed by atoms with Crippen LogP contribution in [0.4, 0.5) is 5.69 Å². The van der Waals surface area contributed by atoms with Crippen molar-refractivity contribution in [3.8, 4) is 11.5 Å². The fourth-order valence-electron chi connectivity index (χ4n) is 3.02. The fraction of sp³-hybridized carbons (Fsp3) is 0.231. The van der Waals surface area contributed by atoms with E-state index in [1.165, 1.54) is 5.56 Å². The molecule has 1 amide bonds. The van der Waals surface area contributed by atoms with Crippen LogP contribution >= 0.6 is 12.2 Å². The van der Waals surface area contributed by atoms with Crippen molar-refractivity contribution in [1.82, 2.24) is 5.32 Å². The largest absolute Gasteiger partial charge is 0.493 e. The predicted octanol–water partition coefficient (Wildman–Crippen LogP) is 4.85. The highest BCUT2D eigenvalue weighted by molar-refractivity contribution is 7.80. The summed E-state index contributed by atoms with van der Waals surface area (Å²) < 4.78 is 16.7. The number of hydrogen-bond acceptors (Lipinski definition) is 5. The number of carbonyl (C=O) groups excluding carboxylic acids is 1. The van der Waals surface area contributed by atoms with Crippen molar-refractivity contribution >= 4 is 28.9 Å². The summed E-state index contributed by atoms with van der Waals surface area (Å²) in [5, 5.41) is 5.90. The van der Waals surface area contributed by atoms with Crippen molar-refractivity contribution in [2.75, 3.05) is 31.7 Å². The number of carbonyl (C=O) groups is 1. The summed E-state index contributed by atoms with van der Waals surface area (Å²) in [5.41, 5.74) is 2.38. The van der Waals surface area contributed by atoms with Gasteiger partial charge in [0.15, 0.2) is 5.11 Å². The van der Waals surface area contributed by atoms with E-state index in [-0.39, 0.29) is 11.0 Å². The van der Waals surface area contributed by atoms with Gasteiger partial charge < -0.3 is 19.5 Å². The van der Waals surface area contributed by atoms with Crippen molar-refractivity contribution in [2.24, 2.45) is 0 Å². The van der Waals surface area contributed by atoms with E-state index in [0.717, 1.165) is 6.42 Å². The lowest BCUT2D eigenvalue weighted by Gasteiger charge is -2.12. The smallest absolute Gasteiger partial charge is 0.257 e. The van der Waals surface area contributed by atoms with Gasteiger partial charge in [0.05, 0.1) is 13.2 Å². The Kier molecular flexibility index (Phi) is 9.69. The molecule has 0 saturated heterocycles. The van der Waals surface area contributed by atoms with Gasteiger partial charge in [-0.25, -0.2) is 0 Å². The molecule has 7 heteroatoms. The van der Waals surface area contributed by atoms with Gasteiger partial charge in [-0.3, -0.25) is 10.1 Å². The number of amides is 1. The Labute approximate surface area is 199 Å². The maximum absolute atomic E-state index is 12.6. The lowest BCUT2D eigenvalue weighted by Crippen LogP contribution is -2.34. The molecule has 6 nitrogen and oxygen atoms in total. The topological polar surface area (TPSA) is 68.8 Å². The zero-order chi connectivity index (χ0) is 23.3. The second-order valence-electron chi connectivity index (χ2n) is 7.09. The molecule has 3 aromatic carbocycles. The van der Waals surface area contributed by atoms with Crippen molar-refractivity contribution in [3.05, 3.63) is 90.0 Å². The third kappa shape index (κ3) is 8.56. The molecule has 0 spiro atoms. The highest BCUT2D eigenvalue weighted by Crippen LogP contribution is 2.18. The monoisotopic (exact) mass is 464 g/mol. The predicted molar refractivity (Wildman–Crippen MR) is 134 cm³/mol. The van der Waals surface area contributed by atoms with Crippen LogP contribution in [0.5, 0.6) is 11.5 Å². The van der Waals surface area contributed by atoms with Crippen LogP contribution in [-0.4, -0.2) is 37.4 Å². The molecule has 0 aliphatic carbocycles. The Hall–Kier alpha value is -3.42. The molecule has 0 saturated carbocycles. The zero-order valence-corrected chi connectivity index (χ0v) is 19.4. The lowest BCUT2D eigenvalue weighted by atomic mass is 10.2. The van der Waals surface area contributed by atoms with Crippen molar-refractivity contribution < 1.29 is 19.0 Å². The van der Waals surface area contributed by atoms with E-state index in [2.05, 4.69) is 22.8 Å². The van der Waals surface area contributed by atoms with Crippen LogP contribution < -0.4 is 20.1 Å². The van der Waals surface area contributed by atoms with Crippen LogP contribution in [0, 0.1) is 0 Å². The Morgan fingerprint density at radius 1 is 0.848 bits per heavy atom. The average molecular weight is 465 g/mol. The maximum Gasteiger partial charge on any atom is 0.257 e. The van der Waals surface area contributed by atoms with E-state index in [1.807, 2.05) is 55.5 Å². The maximum atomic E-state index is 12.6. The van der Waals surface area contributed by atoms with Crippen LogP contribution in [0.2, 0.25) is 0 Å². The van der Waals surface area contributed by atoms with E-state index < -0.39 is 0 Å². The minimum atomic E-state index is -0.315. The van der Waals surface area contributed by atoms with Gasteiger partial charge in [-0.1, -0.05) is 42.5 Å². The van der Waals surface area contributed by atoms with E-state index in [9.17, 15) is 4.79 Å². The standard InChI is InChI=1S/C26H28N2O4S/c1-2-30-16-17-32-24-13-7-11-22(19-24)27-26(33)28-25(29)21-10-6-12-23(18-21)31-15-14-20-8-4-3-5-9-20/h3-13,18-19H,2,14-17H2,1H3,(H2,27,28,29,33). The molecule has 0 aliphatic heterocycles. The van der Waals surface area contributed by atoms with Crippen LogP contribution in [0.3, 0.4) is 0 Å². The van der Waals surface area contributed by atoms with E-state index >= 15 is 0 Å².